The molecule has 2 aromatic rings. The Bertz CT molecular complexity index is 535. The first kappa shape index (κ1) is 15.5. The Morgan fingerprint density at radius 1 is 1.29 bits per heavy atom. The van der Waals surface area contributed by atoms with Gasteiger partial charge in [-0.1, -0.05) is 19.1 Å². The first-order valence-electron chi connectivity index (χ1n) is 7.47. The Morgan fingerprint density at radius 2 is 2.05 bits per heavy atom. The first-order chi connectivity index (χ1) is 10.2. The summed E-state index contributed by atoms with van der Waals surface area (Å²) in [5.74, 6) is 1.68. The van der Waals surface area contributed by atoms with Crippen LogP contribution in [0, 0.1) is 0 Å². The van der Waals surface area contributed by atoms with Crippen LogP contribution >= 0.6 is 0 Å². The molecule has 0 aliphatic heterocycles. The van der Waals surface area contributed by atoms with E-state index in [0.717, 1.165) is 31.0 Å². The molecule has 0 saturated heterocycles. The zero-order valence-electron chi connectivity index (χ0n) is 13.0. The van der Waals surface area contributed by atoms with E-state index < -0.39 is 0 Å². The predicted molar refractivity (Wildman–Crippen MR) is 83.2 cm³/mol. The molecule has 0 radical (unpaired) electrons. The molecule has 0 aliphatic rings. The molecule has 2 rings (SSSR count). The van der Waals surface area contributed by atoms with Gasteiger partial charge in [-0.3, -0.25) is 4.68 Å². The third-order valence-electron chi connectivity index (χ3n) is 3.52. The Balaban J connectivity index is 1.80. The molecule has 1 heterocycles. The van der Waals surface area contributed by atoms with Crippen LogP contribution in [-0.2, 0) is 20.1 Å². The Labute approximate surface area is 126 Å². The fraction of sp³-hybridized carbons (Fsp3) is 0.500. The lowest BCUT2D eigenvalue weighted by molar-refractivity contribution is 0.289. The molecule has 114 valence electrons. The van der Waals surface area contributed by atoms with Crippen LogP contribution in [0.4, 0.5) is 0 Å². The van der Waals surface area contributed by atoms with Gasteiger partial charge in [-0.05, 0) is 44.0 Å². The molecule has 0 bridgehead atoms. The zero-order chi connectivity index (χ0) is 15.1. The van der Waals surface area contributed by atoms with E-state index in [1.807, 2.05) is 19.2 Å². The average molecular weight is 288 g/mol. The fourth-order valence-corrected chi connectivity index (χ4v) is 2.18. The summed E-state index contributed by atoms with van der Waals surface area (Å²) in [6.07, 6.45) is 3.76. The van der Waals surface area contributed by atoms with Crippen molar-refractivity contribution >= 4 is 0 Å². The summed E-state index contributed by atoms with van der Waals surface area (Å²) in [7, 11) is 1.86. The highest BCUT2D eigenvalue weighted by molar-refractivity contribution is 5.27. The van der Waals surface area contributed by atoms with Crippen molar-refractivity contribution in [3.8, 4) is 5.75 Å². The van der Waals surface area contributed by atoms with Gasteiger partial charge in [-0.15, -0.1) is 0 Å². The standard InChI is InChI=1S/C16H24N4O/c1-4-17-13(2)5-6-14-7-9-15(10-8-14)21-11-16-18-12-19-20(16)3/h7-10,12-13,17H,4-6,11H2,1-3H3. The molecular formula is C16H24N4O. The second-order valence-electron chi connectivity index (χ2n) is 5.23. The summed E-state index contributed by atoms with van der Waals surface area (Å²) in [6, 6.07) is 8.85. The smallest absolute Gasteiger partial charge is 0.164 e. The van der Waals surface area contributed by atoms with E-state index in [-0.39, 0.29) is 0 Å². The van der Waals surface area contributed by atoms with Crippen LogP contribution < -0.4 is 10.1 Å². The summed E-state index contributed by atoms with van der Waals surface area (Å²) in [5.41, 5.74) is 1.34. The number of nitrogens with one attached hydrogen (secondary N) is 1. The van der Waals surface area contributed by atoms with E-state index in [4.69, 9.17) is 4.74 Å². The lowest BCUT2D eigenvalue weighted by atomic mass is 10.1. The molecule has 1 unspecified atom stereocenters. The highest BCUT2D eigenvalue weighted by atomic mass is 16.5. The van der Waals surface area contributed by atoms with E-state index >= 15 is 0 Å². The van der Waals surface area contributed by atoms with Gasteiger partial charge in [0.2, 0.25) is 0 Å². The Hall–Kier alpha value is -1.88. The number of hydrogen-bond acceptors (Lipinski definition) is 4. The van der Waals surface area contributed by atoms with Crippen LogP contribution in [0.5, 0.6) is 5.75 Å². The molecule has 5 nitrogen and oxygen atoms in total. The van der Waals surface area contributed by atoms with Crippen LogP contribution in [0.3, 0.4) is 0 Å². The summed E-state index contributed by atoms with van der Waals surface area (Å²) >= 11 is 0. The van der Waals surface area contributed by atoms with E-state index in [0.29, 0.717) is 12.6 Å². The van der Waals surface area contributed by atoms with Crippen LogP contribution in [0.1, 0.15) is 31.7 Å². The van der Waals surface area contributed by atoms with Gasteiger partial charge in [0.05, 0.1) is 0 Å². The van der Waals surface area contributed by atoms with Crippen molar-refractivity contribution in [2.75, 3.05) is 6.54 Å². The topological polar surface area (TPSA) is 52.0 Å². The molecule has 1 aromatic heterocycles. The summed E-state index contributed by atoms with van der Waals surface area (Å²) in [4.78, 5) is 4.13. The highest BCUT2D eigenvalue weighted by Gasteiger charge is 2.03. The van der Waals surface area contributed by atoms with Crippen molar-refractivity contribution in [3.63, 3.8) is 0 Å². The van der Waals surface area contributed by atoms with Gasteiger partial charge >= 0.3 is 0 Å². The monoisotopic (exact) mass is 288 g/mol. The van der Waals surface area contributed by atoms with Crippen LogP contribution in [0.2, 0.25) is 0 Å². The predicted octanol–water partition coefficient (Wildman–Crippen LogP) is 2.32. The minimum Gasteiger partial charge on any atom is -0.486 e. The third kappa shape index (κ3) is 4.86. The minimum atomic E-state index is 0.438. The molecule has 0 amide bonds. The lowest BCUT2D eigenvalue weighted by Crippen LogP contribution is -2.25. The van der Waals surface area contributed by atoms with Crippen LogP contribution in [0.25, 0.3) is 0 Å². The van der Waals surface area contributed by atoms with Gasteiger partial charge in [0.1, 0.15) is 18.7 Å². The van der Waals surface area contributed by atoms with Gasteiger partial charge in [0.25, 0.3) is 0 Å². The molecule has 0 saturated carbocycles. The van der Waals surface area contributed by atoms with Crippen molar-refractivity contribution in [3.05, 3.63) is 42.0 Å². The number of nitrogens with zero attached hydrogens (tertiary/aromatic N) is 3. The fourth-order valence-electron chi connectivity index (χ4n) is 2.18. The number of aromatic nitrogens is 3. The Morgan fingerprint density at radius 3 is 2.67 bits per heavy atom. The average Bonchev–Trinajstić information content (AvgIpc) is 2.90. The molecule has 5 heteroatoms. The second kappa shape index (κ2) is 7.78. The van der Waals surface area contributed by atoms with E-state index in [1.165, 1.54) is 11.9 Å². The number of aryl methyl sites for hydroxylation is 2. The second-order valence-corrected chi connectivity index (χ2v) is 5.23. The number of rotatable bonds is 8. The molecule has 0 spiro atoms. The van der Waals surface area contributed by atoms with E-state index in [1.54, 1.807) is 4.68 Å². The van der Waals surface area contributed by atoms with E-state index in [9.17, 15) is 0 Å². The van der Waals surface area contributed by atoms with Crippen LogP contribution in [0.15, 0.2) is 30.6 Å². The van der Waals surface area contributed by atoms with Crippen LogP contribution in [-0.4, -0.2) is 27.4 Å². The molecule has 1 aromatic carbocycles. The number of benzene rings is 1. The third-order valence-corrected chi connectivity index (χ3v) is 3.52. The summed E-state index contributed by atoms with van der Waals surface area (Å²) in [5, 5.41) is 7.45. The van der Waals surface area contributed by atoms with Crippen molar-refractivity contribution in [2.45, 2.75) is 39.3 Å². The largest absolute Gasteiger partial charge is 0.486 e. The maximum atomic E-state index is 5.71. The molecule has 1 N–H and O–H groups in total. The van der Waals surface area contributed by atoms with Gasteiger partial charge in [-0.2, -0.15) is 5.10 Å². The summed E-state index contributed by atoms with van der Waals surface area (Å²) in [6.45, 7) is 5.82. The SMILES string of the molecule is CCNC(C)CCc1ccc(OCc2ncnn2C)cc1. The maximum absolute atomic E-state index is 5.71. The van der Waals surface area contributed by atoms with Crippen molar-refractivity contribution in [2.24, 2.45) is 7.05 Å². The number of ether oxygens (including phenoxy) is 1. The summed E-state index contributed by atoms with van der Waals surface area (Å²) < 4.78 is 7.43. The first-order valence-corrected chi connectivity index (χ1v) is 7.47. The Kier molecular flexibility index (Phi) is 5.75. The van der Waals surface area contributed by atoms with Crippen molar-refractivity contribution < 1.29 is 4.74 Å². The van der Waals surface area contributed by atoms with Gasteiger partial charge in [-0.25, -0.2) is 4.98 Å². The lowest BCUT2D eigenvalue weighted by Gasteiger charge is -2.12. The van der Waals surface area contributed by atoms with Crippen molar-refractivity contribution in [1.82, 2.24) is 20.1 Å². The molecule has 0 aliphatic carbocycles. The molecular weight excluding hydrogens is 264 g/mol. The highest BCUT2D eigenvalue weighted by Crippen LogP contribution is 2.15. The molecule has 0 fully saturated rings. The minimum absolute atomic E-state index is 0.438. The normalized spacial score (nSPS) is 12.3. The quantitative estimate of drug-likeness (QED) is 0.810. The van der Waals surface area contributed by atoms with Gasteiger partial charge in [0.15, 0.2) is 5.82 Å². The van der Waals surface area contributed by atoms with Gasteiger partial charge < -0.3 is 10.1 Å². The zero-order valence-corrected chi connectivity index (χ0v) is 13.0. The molecule has 21 heavy (non-hydrogen) atoms. The van der Waals surface area contributed by atoms with Crippen molar-refractivity contribution in [1.29, 1.82) is 0 Å². The number of hydrogen-bond donors (Lipinski definition) is 1. The maximum Gasteiger partial charge on any atom is 0.164 e. The van der Waals surface area contributed by atoms with E-state index in [2.05, 4.69) is 41.4 Å². The molecule has 1 atom stereocenters. The van der Waals surface area contributed by atoms with Gasteiger partial charge in [0, 0.05) is 13.1 Å².